The van der Waals surface area contributed by atoms with Gasteiger partial charge >= 0.3 is 0 Å². The standard InChI is InChI=1S/C15H12.C2H6/c1-11-5-4-8-14-9-12-6-2-3-7-13(12)10-15(11)14;1-2/h2-10H,1H3;1-2H3. The minimum Gasteiger partial charge on any atom is -0.0683 e. The first-order valence-electron chi connectivity index (χ1n) is 6.23. The highest BCUT2D eigenvalue weighted by atomic mass is 14.0. The van der Waals surface area contributed by atoms with E-state index in [9.17, 15) is 0 Å². The molecule has 3 aromatic carbocycles. The summed E-state index contributed by atoms with van der Waals surface area (Å²) in [7, 11) is 0. The van der Waals surface area contributed by atoms with Crippen LogP contribution in [0.3, 0.4) is 0 Å². The largest absolute Gasteiger partial charge is 0.0683 e. The molecule has 0 aromatic heterocycles. The van der Waals surface area contributed by atoms with Crippen LogP contribution in [0.5, 0.6) is 0 Å². The van der Waals surface area contributed by atoms with E-state index in [-0.39, 0.29) is 0 Å². The van der Waals surface area contributed by atoms with E-state index in [4.69, 9.17) is 0 Å². The van der Waals surface area contributed by atoms with E-state index in [2.05, 4.69) is 61.5 Å². The second-order valence-electron chi connectivity index (χ2n) is 4.00. The predicted octanol–water partition coefficient (Wildman–Crippen LogP) is 5.33. The molecule has 0 atom stereocenters. The van der Waals surface area contributed by atoms with Gasteiger partial charge in [-0.25, -0.2) is 0 Å². The maximum atomic E-state index is 2.28. The van der Waals surface area contributed by atoms with Crippen molar-refractivity contribution in [2.24, 2.45) is 0 Å². The summed E-state index contributed by atoms with van der Waals surface area (Å²) < 4.78 is 0. The summed E-state index contributed by atoms with van der Waals surface area (Å²) in [5.74, 6) is 0. The molecule has 0 bridgehead atoms. The van der Waals surface area contributed by atoms with Crippen LogP contribution in [-0.2, 0) is 0 Å². The van der Waals surface area contributed by atoms with Gasteiger partial charge in [0.1, 0.15) is 0 Å². The highest BCUT2D eigenvalue weighted by molar-refractivity contribution is 5.99. The van der Waals surface area contributed by atoms with Crippen LogP contribution in [-0.4, -0.2) is 0 Å². The van der Waals surface area contributed by atoms with Crippen LogP contribution < -0.4 is 0 Å². The number of benzene rings is 3. The molecular formula is C17H18. The highest BCUT2D eigenvalue weighted by Crippen LogP contribution is 2.24. The number of aryl methyl sites for hydroxylation is 1. The third kappa shape index (κ3) is 2.16. The van der Waals surface area contributed by atoms with Crippen molar-refractivity contribution < 1.29 is 0 Å². The molecule has 0 unspecified atom stereocenters. The van der Waals surface area contributed by atoms with Crippen molar-refractivity contribution in [3.05, 3.63) is 60.2 Å². The molecular weight excluding hydrogens is 204 g/mol. The molecule has 0 heterocycles. The van der Waals surface area contributed by atoms with Gasteiger partial charge in [0.15, 0.2) is 0 Å². The van der Waals surface area contributed by atoms with Gasteiger partial charge in [0.05, 0.1) is 0 Å². The minimum absolute atomic E-state index is 1.32. The summed E-state index contributed by atoms with van der Waals surface area (Å²) >= 11 is 0. The van der Waals surface area contributed by atoms with Crippen molar-refractivity contribution in [2.75, 3.05) is 0 Å². The minimum atomic E-state index is 1.32. The van der Waals surface area contributed by atoms with Crippen LogP contribution in [0.15, 0.2) is 54.6 Å². The van der Waals surface area contributed by atoms with Gasteiger partial charge in [0.25, 0.3) is 0 Å². The Kier molecular flexibility index (Phi) is 3.43. The molecule has 0 saturated heterocycles. The van der Waals surface area contributed by atoms with E-state index in [0.717, 1.165) is 0 Å². The second kappa shape index (κ2) is 5.01. The molecule has 0 aliphatic rings. The van der Waals surface area contributed by atoms with Gasteiger partial charge in [0, 0.05) is 0 Å². The Hall–Kier alpha value is -1.82. The maximum Gasteiger partial charge on any atom is -0.0148 e. The van der Waals surface area contributed by atoms with Crippen LogP contribution in [0, 0.1) is 6.92 Å². The Morgan fingerprint density at radius 3 is 1.94 bits per heavy atom. The van der Waals surface area contributed by atoms with Gasteiger partial charge in [-0.3, -0.25) is 0 Å². The van der Waals surface area contributed by atoms with E-state index in [1.165, 1.54) is 27.1 Å². The number of rotatable bonds is 0. The van der Waals surface area contributed by atoms with Crippen LogP contribution in [0.2, 0.25) is 0 Å². The summed E-state index contributed by atoms with van der Waals surface area (Å²) in [5.41, 5.74) is 1.35. The molecule has 0 heteroatoms. The van der Waals surface area contributed by atoms with Gasteiger partial charge in [-0.2, -0.15) is 0 Å². The molecule has 3 aromatic rings. The molecule has 0 amide bonds. The third-order valence-corrected chi connectivity index (χ3v) is 2.96. The summed E-state index contributed by atoms with van der Waals surface area (Å²) in [6.45, 7) is 6.16. The number of hydrogen-bond acceptors (Lipinski definition) is 0. The van der Waals surface area contributed by atoms with Crippen molar-refractivity contribution in [3.63, 3.8) is 0 Å². The van der Waals surface area contributed by atoms with Crippen molar-refractivity contribution in [2.45, 2.75) is 20.8 Å². The van der Waals surface area contributed by atoms with Gasteiger partial charge in [-0.1, -0.05) is 56.3 Å². The lowest BCUT2D eigenvalue weighted by Gasteiger charge is -2.04. The first kappa shape index (κ1) is 11.7. The Labute approximate surface area is 103 Å². The average Bonchev–Trinajstić information content (AvgIpc) is 2.40. The van der Waals surface area contributed by atoms with Crippen molar-refractivity contribution in [1.82, 2.24) is 0 Å². The fourth-order valence-electron chi connectivity index (χ4n) is 2.12. The number of fused-ring (bicyclic) bond motifs is 2. The molecule has 0 saturated carbocycles. The lowest BCUT2D eigenvalue weighted by atomic mass is 10.0. The summed E-state index contributed by atoms with van der Waals surface area (Å²) in [4.78, 5) is 0. The Balaban J connectivity index is 0.000000514. The molecule has 0 aliphatic heterocycles. The molecule has 0 nitrogen and oxygen atoms in total. The SMILES string of the molecule is CC.Cc1cccc2cc3ccccc3cc12. The third-order valence-electron chi connectivity index (χ3n) is 2.96. The topological polar surface area (TPSA) is 0 Å². The second-order valence-corrected chi connectivity index (χ2v) is 4.00. The van der Waals surface area contributed by atoms with Crippen LogP contribution in [0.25, 0.3) is 21.5 Å². The Bertz CT molecular complexity index is 636. The average molecular weight is 222 g/mol. The Morgan fingerprint density at radius 1 is 0.647 bits per heavy atom. The maximum absolute atomic E-state index is 2.28. The fraction of sp³-hybridized carbons (Fsp3) is 0.176. The molecule has 3 rings (SSSR count). The molecule has 0 spiro atoms. The van der Waals surface area contributed by atoms with Crippen LogP contribution in [0.4, 0.5) is 0 Å². The van der Waals surface area contributed by atoms with Crippen molar-refractivity contribution in [1.29, 1.82) is 0 Å². The Morgan fingerprint density at radius 2 is 1.24 bits per heavy atom. The monoisotopic (exact) mass is 222 g/mol. The van der Waals surface area contributed by atoms with Crippen molar-refractivity contribution in [3.8, 4) is 0 Å². The normalized spacial score (nSPS) is 10.1. The van der Waals surface area contributed by atoms with Gasteiger partial charge in [-0.05, 0) is 46.2 Å². The van der Waals surface area contributed by atoms with E-state index in [1.54, 1.807) is 0 Å². The molecule has 86 valence electrons. The number of hydrogen-bond donors (Lipinski definition) is 0. The van der Waals surface area contributed by atoms with E-state index in [0.29, 0.717) is 0 Å². The first-order chi connectivity index (χ1) is 8.34. The molecule has 0 radical (unpaired) electrons. The van der Waals surface area contributed by atoms with Gasteiger partial charge in [-0.15, -0.1) is 0 Å². The highest BCUT2D eigenvalue weighted by Gasteiger charge is 1.98. The van der Waals surface area contributed by atoms with Crippen LogP contribution >= 0.6 is 0 Å². The van der Waals surface area contributed by atoms with Crippen molar-refractivity contribution >= 4 is 21.5 Å². The molecule has 0 fully saturated rings. The lowest BCUT2D eigenvalue weighted by molar-refractivity contribution is 1.50. The summed E-state index contributed by atoms with van der Waals surface area (Å²) in [5, 5.41) is 5.32. The zero-order valence-electron chi connectivity index (χ0n) is 10.7. The predicted molar refractivity (Wildman–Crippen MR) is 77.5 cm³/mol. The first-order valence-corrected chi connectivity index (χ1v) is 6.23. The molecule has 0 aliphatic carbocycles. The summed E-state index contributed by atoms with van der Waals surface area (Å²) in [6.07, 6.45) is 0. The van der Waals surface area contributed by atoms with Crippen LogP contribution in [0.1, 0.15) is 19.4 Å². The quantitative estimate of drug-likeness (QED) is 0.451. The molecule has 17 heavy (non-hydrogen) atoms. The van der Waals surface area contributed by atoms with Gasteiger partial charge in [0.2, 0.25) is 0 Å². The smallest absolute Gasteiger partial charge is 0.0148 e. The van der Waals surface area contributed by atoms with E-state index in [1.807, 2.05) is 13.8 Å². The zero-order valence-corrected chi connectivity index (χ0v) is 10.7. The lowest BCUT2D eigenvalue weighted by Crippen LogP contribution is -1.79. The zero-order chi connectivity index (χ0) is 12.3. The summed E-state index contributed by atoms with van der Waals surface area (Å²) in [6, 6.07) is 19.5. The van der Waals surface area contributed by atoms with Gasteiger partial charge < -0.3 is 0 Å². The van der Waals surface area contributed by atoms with E-state index < -0.39 is 0 Å². The van der Waals surface area contributed by atoms with E-state index >= 15 is 0 Å². The fourth-order valence-corrected chi connectivity index (χ4v) is 2.12. The molecule has 0 N–H and O–H groups in total.